The molecule has 1 aromatic rings. The number of halogens is 1. The fourth-order valence-corrected chi connectivity index (χ4v) is 1.35. The number of hydrogen-bond acceptors (Lipinski definition) is 2. The van der Waals surface area contributed by atoms with E-state index in [0.29, 0.717) is 12.0 Å². The quantitative estimate of drug-likeness (QED) is 0.808. The summed E-state index contributed by atoms with van der Waals surface area (Å²) in [6, 6.07) is 2.19. The van der Waals surface area contributed by atoms with E-state index in [2.05, 4.69) is 0 Å². The normalized spacial score (nSPS) is 9.93. The lowest BCUT2D eigenvalue weighted by Crippen LogP contribution is -2.05. The van der Waals surface area contributed by atoms with Gasteiger partial charge in [0.15, 0.2) is 0 Å². The number of benzene rings is 1. The molecule has 0 radical (unpaired) electrons. The third-order valence-corrected chi connectivity index (χ3v) is 1.98. The largest absolute Gasteiger partial charge is 0.496 e. The van der Waals surface area contributed by atoms with Crippen LogP contribution in [0.25, 0.3) is 0 Å². The van der Waals surface area contributed by atoms with Gasteiger partial charge in [-0.3, -0.25) is 0 Å². The molecule has 0 bridgehead atoms. The maximum Gasteiger partial charge on any atom is 0.336 e. The van der Waals surface area contributed by atoms with Crippen molar-refractivity contribution in [3.05, 3.63) is 29.1 Å². The zero-order valence-electron chi connectivity index (χ0n) is 8.00. The van der Waals surface area contributed by atoms with Gasteiger partial charge in [0.2, 0.25) is 0 Å². The fraction of sp³-hybridized carbons (Fsp3) is 0.300. The zero-order valence-corrected chi connectivity index (χ0v) is 8.00. The number of rotatable bonds is 3. The van der Waals surface area contributed by atoms with Gasteiger partial charge in [0, 0.05) is 11.6 Å². The number of carboxylic acids is 1. The average Bonchev–Trinajstić information content (AvgIpc) is 2.16. The molecule has 1 N–H and O–H groups in total. The molecule has 0 unspecified atom stereocenters. The average molecular weight is 198 g/mol. The van der Waals surface area contributed by atoms with Crippen molar-refractivity contribution < 1.29 is 19.0 Å². The second kappa shape index (κ2) is 4.09. The number of carboxylic acid groups (broad SMARTS) is 1. The first-order valence-corrected chi connectivity index (χ1v) is 4.19. The van der Waals surface area contributed by atoms with Gasteiger partial charge in [-0.25, -0.2) is 9.18 Å². The molecule has 1 aromatic carbocycles. The molecule has 0 atom stereocenters. The number of carbonyl (C=O) groups is 1. The highest BCUT2D eigenvalue weighted by Gasteiger charge is 2.15. The van der Waals surface area contributed by atoms with Crippen molar-refractivity contribution in [2.45, 2.75) is 13.3 Å². The smallest absolute Gasteiger partial charge is 0.336 e. The molecule has 4 heteroatoms. The maximum absolute atomic E-state index is 12.9. The van der Waals surface area contributed by atoms with E-state index < -0.39 is 11.8 Å². The highest BCUT2D eigenvalue weighted by Crippen LogP contribution is 2.24. The Hall–Kier alpha value is -1.58. The van der Waals surface area contributed by atoms with Crippen LogP contribution < -0.4 is 4.74 Å². The Morgan fingerprint density at radius 3 is 2.64 bits per heavy atom. The molecule has 0 aliphatic heterocycles. The van der Waals surface area contributed by atoms with Crippen molar-refractivity contribution in [2.75, 3.05) is 7.11 Å². The molecular formula is C10H11FO3. The topological polar surface area (TPSA) is 46.5 Å². The summed E-state index contributed by atoms with van der Waals surface area (Å²) in [5.41, 5.74) is 0.478. The summed E-state index contributed by atoms with van der Waals surface area (Å²) in [5, 5.41) is 8.82. The summed E-state index contributed by atoms with van der Waals surface area (Å²) >= 11 is 0. The Morgan fingerprint density at radius 1 is 1.57 bits per heavy atom. The molecule has 0 aliphatic carbocycles. The number of aromatic carboxylic acids is 1. The van der Waals surface area contributed by atoms with Gasteiger partial charge in [-0.15, -0.1) is 0 Å². The van der Waals surface area contributed by atoms with Gasteiger partial charge in [0.05, 0.1) is 12.7 Å². The lowest BCUT2D eigenvalue weighted by Gasteiger charge is -2.09. The van der Waals surface area contributed by atoms with Crippen molar-refractivity contribution in [3.63, 3.8) is 0 Å². The summed E-state index contributed by atoms with van der Waals surface area (Å²) < 4.78 is 17.9. The second-order valence-corrected chi connectivity index (χ2v) is 2.79. The molecular weight excluding hydrogens is 187 g/mol. The van der Waals surface area contributed by atoms with E-state index in [9.17, 15) is 9.18 Å². The summed E-state index contributed by atoms with van der Waals surface area (Å²) in [6.07, 6.45) is 0.491. The van der Waals surface area contributed by atoms with E-state index in [1.165, 1.54) is 13.2 Å². The lowest BCUT2D eigenvalue weighted by atomic mass is 10.0. The van der Waals surface area contributed by atoms with Crippen LogP contribution in [-0.4, -0.2) is 18.2 Å². The number of ether oxygens (including phenoxy) is 1. The molecule has 0 aliphatic rings. The monoisotopic (exact) mass is 198 g/mol. The van der Waals surface area contributed by atoms with Crippen LogP contribution in [-0.2, 0) is 6.42 Å². The highest BCUT2D eigenvalue weighted by molar-refractivity contribution is 5.90. The third-order valence-electron chi connectivity index (χ3n) is 1.98. The van der Waals surface area contributed by atoms with Crippen LogP contribution in [0.2, 0.25) is 0 Å². The van der Waals surface area contributed by atoms with Crippen LogP contribution in [0.5, 0.6) is 5.75 Å². The Morgan fingerprint density at radius 2 is 2.21 bits per heavy atom. The van der Waals surface area contributed by atoms with E-state index in [0.717, 1.165) is 6.07 Å². The predicted molar refractivity (Wildman–Crippen MR) is 49.3 cm³/mol. The second-order valence-electron chi connectivity index (χ2n) is 2.79. The van der Waals surface area contributed by atoms with Crippen molar-refractivity contribution in [1.82, 2.24) is 0 Å². The Bertz CT molecular complexity index is 361. The number of hydrogen-bond donors (Lipinski definition) is 1. The molecule has 0 spiro atoms. The van der Waals surface area contributed by atoms with Crippen LogP contribution in [0, 0.1) is 5.82 Å². The molecule has 0 aromatic heterocycles. The van der Waals surface area contributed by atoms with Crippen molar-refractivity contribution in [2.24, 2.45) is 0 Å². The van der Waals surface area contributed by atoms with Crippen LogP contribution in [0.3, 0.4) is 0 Å². The summed E-state index contributed by atoms with van der Waals surface area (Å²) in [5.74, 6) is -1.46. The first kappa shape index (κ1) is 10.5. The summed E-state index contributed by atoms with van der Waals surface area (Å²) in [7, 11) is 1.39. The predicted octanol–water partition coefficient (Wildman–Crippen LogP) is 2.09. The van der Waals surface area contributed by atoms with Gasteiger partial charge in [-0.2, -0.15) is 0 Å². The van der Waals surface area contributed by atoms with E-state index in [4.69, 9.17) is 9.84 Å². The minimum Gasteiger partial charge on any atom is -0.496 e. The van der Waals surface area contributed by atoms with E-state index >= 15 is 0 Å². The minimum absolute atomic E-state index is 0.0376. The molecule has 76 valence electrons. The van der Waals surface area contributed by atoms with E-state index in [-0.39, 0.29) is 11.3 Å². The minimum atomic E-state index is -1.14. The Balaban J connectivity index is 3.39. The molecule has 14 heavy (non-hydrogen) atoms. The van der Waals surface area contributed by atoms with Crippen LogP contribution in [0.1, 0.15) is 22.8 Å². The van der Waals surface area contributed by atoms with Crippen molar-refractivity contribution in [1.29, 1.82) is 0 Å². The summed E-state index contributed by atoms with van der Waals surface area (Å²) in [6.45, 7) is 1.79. The first-order valence-electron chi connectivity index (χ1n) is 4.19. The number of methoxy groups -OCH3 is 1. The van der Waals surface area contributed by atoms with Crippen LogP contribution >= 0.6 is 0 Å². The molecule has 0 amide bonds. The van der Waals surface area contributed by atoms with Gasteiger partial charge >= 0.3 is 5.97 Å². The molecule has 0 fully saturated rings. The molecule has 1 rings (SSSR count). The molecule has 0 heterocycles. The van der Waals surface area contributed by atoms with Crippen molar-refractivity contribution in [3.8, 4) is 5.75 Å². The van der Waals surface area contributed by atoms with Crippen LogP contribution in [0.4, 0.5) is 4.39 Å². The summed E-state index contributed by atoms with van der Waals surface area (Å²) in [4.78, 5) is 10.8. The first-order chi connectivity index (χ1) is 6.60. The highest BCUT2D eigenvalue weighted by atomic mass is 19.1. The fourth-order valence-electron chi connectivity index (χ4n) is 1.35. The van der Waals surface area contributed by atoms with Gasteiger partial charge in [-0.05, 0) is 12.5 Å². The third kappa shape index (κ3) is 1.84. The van der Waals surface area contributed by atoms with E-state index in [1.54, 1.807) is 6.92 Å². The molecule has 0 saturated heterocycles. The SMILES string of the molecule is CCc1c(OC)cc(F)cc1C(=O)O. The van der Waals surface area contributed by atoms with Gasteiger partial charge in [-0.1, -0.05) is 6.92 Å². The van der Waals surface area contributed by atoms with Gasteiger partial charge in [0.1, 0.15) is 11.6 Å². The Labute approximate surface area is 81.1 Å². The van der Waals surface area contributed by atoms with Gasteiger partial charge in [0.25, 0.3) is 0 Å². The Kier molecular flexibility index (Phi) is 3.06. The standard InChI is InChI=1S/C10H11FO3/c1-3-7-8(10(12)13)4-6(11)5-9(7)14-2/h4-5H,3H2,1-2H3,(H,12,13). The molecule has 3 nitrogen and oxygen atoms in total. The zero-order chi connectivity index (χ0) is 10.7. The maximum atomic E-state index is 12.9. The molecule has 0 saturated carbocycles. The lowest BCUT2D eigenvalue weighted by molar-refractivity contribution is 0.0694. The van der Waals surface area contributed by atoms with Crippen LogP contribution in [0.15, 0.2) is 12.1 Å². The van der Waals surface area contributed by atoms with Crippen molar-refractivity contribution >= 4 is 5.97 Å². The van der Waals surface area contributed by atoms with E-state index in [1.807, 2.05) is 0 Å². The van der Waals surface area contributed by atoms with Gasteiger partial charge < -0.3 is 9.84 Å².